The fourth-order valence-corrected chi connectivity index (χ4v) is 2.91. The zero-order chi connectivity index (χ0) is 14.8. The lowest BCUT2D eigenvalue weighted by Gasteiger charge is -2.22. The lowest BCUT2D eigenvalue weighted by molar-refractivity contribution is 0.471. The van der Waals surface area contributed by atoms with Crippen LogP contribution >= 0.6 is 0 Å². The van der Waals surface area contributed by atoms with E-state index < -0.39 is 0 Å². The van der Waals surface area contributed by atoms with E-state index in [0.29, 0.717) is 5.75 Å². The molecule has 21 heavy (non-hydrogen) atoms. The van der Waals surface area contributed by atoms with Crippen LogP contribution in [0.4, 0.5) is 11.4 Å². The van der Waals surface area contributed by atoms with Crippen LogP contribution in [0.1, 0.15) is 28.7 Å². The minimum absolute atomic E-state index is 0.358. The number of phenols is 1. The molecule has 0 saturated heterocycles. The van der Waals surface area contributed by atoms with E-state index in [9.17, 15) is 5.11 Å². The summed E-state index contributed by atoms with van der Waals surface area (Å²) in [4.78, 5) is 0. The minimum Gasteiger partial charge on any atom is -0.508 e. The van der Waals surface area contributed by atoms with E-state index in [0.717, 1.165) is 36.3 Å². The third-order valence-electron chi connectivity index (χ3n) is 4.17. The van der Waals surface area contributed by atoms with E-state index in [1.54, 1.807) is 0 Å². The molecule has 0 amide bonds. The third-order valence-corrected chi connectivity index (χ3v) is 4.17. The summed E-state index contributed by atoms with van der Waals surface area (Å²) in [6.07, 6.45) is 2.37. The Labute approximate surface area is 126 Å². The number of aromatic hydroxyl groups is 1. The molecule has 0 aliphatic carbocycles. The van der Waals surface area contributed by atoms with E-state index in [1.165, 1.54) is 23.2 Å². The van der Waals surface area contributed by atoms with Crippen molar-refractivity contribution in [2.24, 2.45) is 0 Å². The molecule has 0 saturated carbocycles. The van der Waals surface area contributed by atoms with Gasteiger partial charge in [-0.15, -0.1) is 0 Å². The van der Waals surface area contributed by atoms with E-state index in [-0.39, 0.29) is 0 Å². The first-order chi connectivity index (χ1) is 10.1. The first kappa shape index (κ1) is 13.8. The standard InChI is InChI=1S/C18H22N2O/c1-12-10-17(21)13(2)9-16(12)20-11-15-6-3-5-14-7-4-8-19-18(14)15/h3,5-6,9-10,19-21H,4,7-8,11H2,1-2H3. The summed E-state index contributed by atoms with van der Waals surface area (Å²) in [6, 6.07) is 10.3. The fraction of sp³-hybridized carbons (Fsp3) is 0.333. The number of rotatable bonds is 3. The summed E-state index contributed by atoms with van der Waals surface area (Å²) in [7, 11) is 0. The van der Waals surface area contributed by atoms with E-state index >= 15 is 0 Å². The van der Waals surface area contributed by atoms with Crippen LogP contribution in [0.2, 0.25) is 0 Å². The number of nitrogens with one attached hydrogen (secondary N) is 2. The van der Waals surface area contributed by atoms with E-state index in [2.05, 4.69) is 28.8 Å². The molecule has 0 spiro atoms. The van der Waals surface area contributed by atoms with Crippen LogP contribution in [0.3, 0.4) is 0 Å². The molecule has 0 bridgehead atoms. The van der Waals surface area contributed by atoms with Gasteiger partial charge in [0.25, 0.3) is 0 Å². The Hall–Kier alpha value is -2.16. The van der Waals surface area contributed by atoms with Crippen LogP contribution in [0.25, 0.3) is 0 Å². The average molecular weight is 282 g/mol. The number of anilines is 2. The summed E-state index contributed by atoms with van der Waals surface area (Å²) >= 11 is 0. The highest BCUT2D eigenvalue weighted by Gasteiger charge is 2.12. The lowest BCUT2D eigenvalue weighted by Crippen LogP contribution is -2.15. The first-order valence-corrected chi connectivity index (χ1v) is 7.54. The van der Waals surface area contributed by atoms with Gasteiger partial charge in [0.1, 0.15) is 5.75 Å². The Morgan fingerprint density at radius 2 is 2.05 bits per heavy atom. The molecule has 3 rings (SSSR count). The molecule has 1 aliphatic heterocycles. The monoisotopic (exact) mass is 282 g/mol. The van der Waals surface area contributed by atoms with Crippen molar-refractivity contribution in [3.8, 4) is 5.75 Å². The van der Waals surface area contributed by atoms with Gasteiger partial charge in [-0.2, -0.15) is 0 Å². The molecule has 3 nitrogen and oxygen atoms in total. The van der Waals surface area contributed by atoms with Crippen LogP contribution in [-0.4, -0.2) is 11.7 Å². The Kier molecular flexibility index (Phi) is 3.74. The highest BCUT2D eigenvalue weighted by Crippen LogP contribution is 2.29. The third kappa shape index (κ3) is 2.82. The van der Waals surface area contributed by atoms with Gasteiger partial charge in [0.05, 0.1) is 0 Å². The second-order valence-corrected chi connectivity index (χ2v) is 5.79. The number of benzene rings is 2. The minimum atomic E-state index is 0.358. The van der Waals surface area contributed by atoms with Gasteiger partial charge in [-0.05, 0) is 61.1 Å². The molecule has 2 aromatic carbocycles. The van der Waals surface area contributed by atoms with Gasteiger partial charge in [0, 0.05) is 24.5 Å². The summed E-state index contributed by atoms with van der Waals surface area (Å²) < 4.78 is 0. The summed E-state index contributed by atoms with van der Waals surface area (Å²) in [6.45, 7) is 5.79. The summed E-state index contributed by atoms with van der Waals surface area (Å²) in [5.74, 6) is 0.358. The normalized spacial score (nSPS) is 13.4. The molecule has 0 unspecified atom stereocenters. The van der Waals surface area contributed by atoms with Gasteiger partial charge < -0.3 is 15.7 Å². The highest BCUT2D eigenvalue weighted by molar-refractivity contribution is 5.62. The zero-order valence-corrected chi connectivity index (χ0v) is 12.7. The van der Waals surface area contributed by atoms with Crippen LogP contribution in [0.15, 0.2) is 30.3 Å². The van der Waals surface area contributed by atoms with Gasteiger partial charge >= 0.3 is 0 Å². The smallest absolute Gasteiger partial charge is 0.118 e. The molecular formula is C18H22N2O. The number of hydrogen-bond acceptors (Lipinski definition) is 3. The molecule has 2 aromatic rings. The van der Waals surface area contributed by atoms with Crippen molar-refractivity contribution in [2.75, 3.05) is 17.2 Å². The Morgan fingerprint density at radius 3 is 2.90 bits per heavy atom. The van der Waals surface area contributed by atoms with Gasteiger partial charge in [-0.1, -0.05) is 18.2 Å². The predicted octanol–water partition coefficient (Wildman–Crippen LogP) is 3.98. The Morgan fingerprint density at radius 1 is 1.19 bits per heavy atom. The quantitative estimate of drug-likeness (QED) is 0.746. The average Bonchev–Trinajstić information content (AvgIpc) is 2.49. The van der Waals surface area contributed by atoms with Gasteiger partial charge in [0.15, 0.2) is 0 Å². The largest absolute Gasteiger partial charge is 0.508 e. The number of phenolic OH excluding ortho intramolecular Hbond substituents is 1. The molecule has 0 atom stereocenters. The molecule has 3 N–H and O–H groups in total. The van der Waals surface area contributed by atoms with Gasteiger partial charge in [-0.25, -0.2) is 0 Å². The fourth-order valence-electron chi connectivity index (χ4n) is 2.91. The first-order valence-electron chi connectivity index (χ1n) is 7.54. The topological polar surface area (TPSA) is 44.3 Å². The molecule has 0 fully saturated rings. The van der Waals surface area contributed by atoms with Crippen molar-refractivity contribution < 1.29 is 5.11 Å². The van der Waals surface area contributed by atoms with Crippen molar-refractivity contribution in [2.45, 2.75) is 33.2 Å². The van der Waals surface area contributed by atoms with Crippen molar-refractivity contribution in [3.63, 3.8) is 0 Å². The van der Waals surface area contributed by atoms with Crippen LogP contribution in [0, 0.1) is 13.8 Å². The maximum absolute atomic E-state index is 9.73. The molecule has 3 heteroatoms. The molecule has 1 aliphatic rings. The summed E-state index contributed by atoms with van der Waals surface area (Å²) in [5, 5.41) is 16.7. The van der Waals surface area contributed by atoms with Crippen LogP contribution in [-0.2, 0) is 13.0 Å². The number of aryl methyl sites for hydroxylation is 3. The molecule has 0 radical (unpaired) electrons. The van der Waals surface area contributed by atoms with Crippen molar-refractivity contribution >= 4 is 11.4 Å². The predicted molar refractivity (Wildman–Crippen MR) is 88.2 cm³/mol. The van der Waals surface area contributed by atoms with Gasteiger partial charge in [-0.3, -0.25) is 0 Å². The zero-order valence-electron chi connectivity index (χ0n) is 12.7. The molecule has 110 valence electrons. The van der Waals surface area contributed by atoms with Crippen LogP contribution in [0.5, 0.6) is 5.75 Å². The second kappa shape index (κ2) is 5.68. The number of hydrogen-bond donors (Lipinski definition) is 3. The molecular weight excluding hydrogens is 260 g/mol. The van der Waals surface area contributed by atoms with Gasteiger partial charge in [0.2, 0.25) is 0 Å². The van der Waals surface area contributed by atoms with Crippen molar-refractivity contribution in [3.05, 3.63) is 52.6 Å². The Balaban J connectivity index is 1.81. The summed E-state index contributed by atoms with van der Waals surface area (Å²) in [5.41, 5.74) is 7.06. The maximum Gasteiger partial charge on any atom is 0.118 e. The number of fused-ring (bicyclic) bond motifs is 1. The van der Waals surface area contributed by atoms with E-state index in [4.69, 9.17) is 0 Å². The second-order valence-electron chi connectivity index (χ2n) is 5.79. The van der Waals surface area contributed by atoms with Crippen molar-refractivity contribution in [1.82, 2.24) is 0 Å². The SMILES string of the molecule is Cc1cc(NCc2cccc3c2NCCC3)c(C)cc1O. The maximum atomic E-state index is 9.73. The lowest BCUT2D eigenvalue weighted by atomic mass is 9.99. The van der Waals surface area contributed by atoms with E-state index in [1.807, 2.05) is 26.0 Å². The Bertz CT molecular complexity index is 665. The van der Waals surface area contributed by atoms with Crippen LogP contribution < -0.4 is 10.6 Å². The molecule has 1 heterocycles. The van der Waals surface area contributed by atoms with Crippen molar-refractivity contribution in [1.29, 1.82) is 0 Å². The molecule has 0 aromatic heterocycles. The number of para-hydroxylation sites is 1. The highest BCUT2D eigenvalue weighted by atomic mass is 16.3.